The molecule has 0 bridgehead atoms. The Morgan fingerprint density at radius 2 is 1.94 bits per heavy atom. The van der Waals surface area contributed by atoms with Gasteiger partial charge in [-0.2, -0.15) is 0 Å². The lowest BCUT2D eigenvalue weighted by atomic mass is 9.90. The molecule has 0 aromatic rings. The van der Waals surface area contributed by atoms with Gasteiger partial charge in [0.1, 0.15) is 0 Å². The monoisotopic (exact) mass is 226 g/mol. The molecule has 2 nitrogen and oxygen atoms in total. The maximum atomic E-state index is 3.69. The van der Waals surface area contributed by atoms with E-state index in [9.17, 15) is 0 Å². The average Bonchev–Trinajstić information content (AvgIpc) is 2.44. The predicted octanol–water partition coefficient (Wildman–Crippen LogP) is 2.89. The number of likely N-dealkylation sites (tertiary alicyclic amines) is 1. The minimum atomic E-state index is 0.502. The molecule has 96 valence electrons. The molecule has 0 radical (unpaired) electrons. The fourth-order valence-corrected chi connectivity index (χ4v) is 2.43. The molecule has 1 heterocycles. The summed E-state index contributed by atoms with van der Waals surface area (Å²) >= 11 is 0. The van der Waals surface area contributed by atoms with Crippen molar-refractivity contribution >= 4 is 0 Å². The van der Waals surface area contributed by atoms with E-state index < -0.39 is 0 Å². The van der Waals surface area contributed by atoms with Gasteiger partial charge in [0.15, 0.2) is 0 Å². The molecule has 0 aromatic carbocycles. The summed E-state index contributed by atoms with van der Waals surface area (Å²) in [6.07, 6.45) is 5.34. The van der Waals surface area contributed by atoms with Crippen molar-refractivity contribution in [1.29, 1.82) is 0 Å². The second kappa shape index (κ2) is 6.02. The minimum Gasteiger partial charge on any atom is -0.313 e. The highest BCUT2D eigenvalue weighted by Crippen LogP contribution is 2.21. The first kappa shape index (κ1) is 14.0. The molecular weight excluding hydrogens is 196 g/mol. The van der Waals surface area contributed by atoms with Crippen LogP contribution in [-0.4, -0.2) is 37.1 Å². The van der Waals surface area contributed by atoms with Crippen LogP contribution in [0.3, 0.4) is 0 Å². The Kier molecular flexibility index (Phi) is 5.26. The predicted molar refractivity (Wildman–Crippen MR) is 71.8 cm³/mol. The number of likely N-dealkylation sites (N-methyl/N-ethyl adjacent to an activating group) is 1. The van der Waals surface area contributed by atoms with E-state index in [1.165, 1.54) is 38.8 Å². The molecular formula is C14H30N2. The summed E-state index contributed by atoms with van der Waals surface area (Å²) in [4.78, 5) is 2.45. The standard InChI is InChI=1S/C14H30N2/c1-12-10-13(11-16(12)5)15-9-7-6-8-14(2,3)4/h12-13,15H,6-11H2,1-5H3. The molecule has 1 N–H and O–H groups in total. The van der Waals surface area contributed by atoms with Crippen LogP contribution in [-0.2, 0) is 0 Å². The van der Waals surface area contributed by atoms with Gasteiger partial charge < -0.3 is 10.2 Å². The van der Waals surface area contributed by atoms with E-state index in [1.54, 1.807) is 0 Å². The van der Waals surface area contributed by atoms with Crippen LogP contribution in [0.2, 0.25) is 0 Å². The van der Waals surface area contributed by atoms with E-state index in [-0.39, 0.29) is 0 Å². The van der Waals surface area contributed by atoms with Gasteiger partial charge in [-0.15, -0.1) is 0 Å². The number of rotatable bonds is 5. The van der Waals surface area contributed by atoms with Crippen LogP contribution in [0, 0.1) is 5.41 Å². The summed E-state index contributed by atoms with van der Waals surface area (Å²) in [7, 11) is 2.23. The fourth-order valence-electron chi connectivity index (χ4n) is 2.43. The van der Waals surface area contributed by atoms with Crippen molar-refractivity contribution < 1.29 is 0 Å². The zero-order valence-electron chi connectivity index (χ0n) is 11.8. The zero-order valence-corrected chi connectivity index (χ0v) is 11.8. The number of hydrogen-bond acceptors (Lipinski definition) is 2. The van der Waals surface area contributed by atoms with E-state index in [1.807, 2.05) is 0 Å². The Bertz CT molecular complexity index is 185. The van der Waals surface area contributed by atoms with Crippen LogP contribution >= 0.6 is 0 Å². The highest BCUT2D eigenvalue weighted by atomic mass is 15.2. The number of nitrogens with zero attached hydrogens (tertiary/aromatic N) is 1. The first-order chi connectivity index (χ1) is 7.38. The average molecular weight is 226 g/mol. The normalized spacial score (nSPS) is 27.6. The van der Waals surface area contributed by atoms with E-state index in [2.05, 4.69) is 45.0 Å². The maximum Gasteiger partial charge on any atom is 0.0209 e. The molecule has 2 atom stereocenters. The lowest BCUT2D eigenvalue weighted by molar-refractivity contribution is 0.325. The molecule has 1 saturated heterocycles. The van der Waals surface area contributed by atoms with Crippen molar-refractivity contribution in [1.82, 2.24) is 10.2 Å². The van der Waals surface area contributed by atoms with Crippen LogP contribution in [0.15, 0.2) is 0 Å². The second-order valence-electron chi connectivity index (χ2n) is 6.69. The molecule has 0 aliphatic carbocycles. The van der Waals surface area contributed by atoms with Crippen LogP contribution in [0.25, 0.3) is 0 Å². The van der Waals surface area contributed by atoms with Crippen molar-refractivity contribution in [2.24, 2.45) is 5.41 Å². The van der Waals surface area contributed by atoms with Crippen molar-refractivity contribution in [3.8, 4) is 0 Å². The number of nitrogens with one attached hydrogen (secondary N) is 1. The lowest BCUT2D eigenvalue weighted by Crippen LogP contribution is -2.32. The fraction of sp³-hybridized carbons (Fsp3) is 1.00. The van der Waals surface area contributed by atoms with Gasteiger partial charge in [-0.05, 0) is 45.2 Å². The molecule has 2 heteroatoms. The minimum absolute atomic E-state index is 0.502. The Balaban J connectivity index is 2.00. The number of unbranched alkanes of at least 4 members (excludes halogenated alkanes) is 1. The van der Waals surface area contributed by atoms with Crippen molar-refractivity contribution in [3.63, 3.8) is 0 Å². The second-order valence-corrected chi connectivity index (χ2v) is 6.69. The molecule has 1 aliphatic rings. The Morgan fingerprint density at radius 1 is 1.25 bits per heavy atom. The summed E-state index contributed by atoms with van der Waals surface area (Å²) < 4.78 is 0. The summed E-state index contributed by atoms with van der Waals surface area (Å²) in [5.74, 6) is 0. The lowest BCUT2D eigenvalue weighted by Gasteiger charge is -2.18. The molecule has 0 aromatic heterocycles. The van der Waals surface area contributed by atoms with Crippen LogP contribution in [0.1, 0.15) is 53.4 Å². The van der Waals surface area contributed by atoms with E-state index >= 15 is 0 Å². The molecule has 2 unspecified atom stereocenters. The van der Waals surface area contributed by atoms with Crippen molar-refractivity contribution in [3.05, 3.63) is 0 Å². The highest BCUT2D eigenvalue weighted by molar-refractivity contribution is 4.84. The van der Waals surface area contributed by atoms with Crippen LogP contribution in [0.5, 0.6) is 0 Å². The number of hydrogen-bond donors (Lipinski definition) is 1. The van der Waals surface area contributed by atoms with E-state index in [4.69, 9.17) is 0 Å². The first-order valence-electron chi connectivity index (χ1n) is 6.82. The zero-order chi connectivity index (χ0) is 12.2. The highest BCUT2D eigenvalue weighted by Gasteiger charge is 2.25. The van der Waals surface area contributed by atoms with Crippen molar-refractivity contribution in [2.75, 3.05) is 20.1 Å². The van der Waals surface area contributed by atoms with Gasteiger partial charge in [0.05, 0.1) is 0 Å². The Hall–Kier alpha value is -0.0800. The largest absolute Gasteiger partial charge is 0.313 e. The van der Waals surface area contributed by atoms with Crippen LogP contribution < -0.4 is 5.32 Å². The smallest absolute Gasteiger partial charge is 0.0209 e. The van der Waals surface area contributed by atoms with Gasteiger partial charge >= 0.3 is 0 Å². The molecule has 0 saturated carbocycles. The summed E-state index contributed by atoms with van der Waals surface area (Å²) in [5, 5.41) is 3.69. The van der Waals surface area contributed by atoms with E-state index in [0.717, 1.165) is 12.1 Å². The van der Waals surface area contributed by atoms with Gasteiger partial charge in [-0.1, -0.05) is 27.2 Å². The summed E-state index contributed by atoms with van der Waals surface area (Å²) in [6, 6.07) is 1.49. The molecule has 16 heavy (non-hydrogen) atoms. The maximum absolute atomic E-state index is 3.69. The Labute approximate surface area is 102 Å². The van der Waals surface area contributed by atoms with Gasteiger partial charge in [0.25, 0.3) is 0 Å². The molecule has 0 spiro atoms. The first-order valence-corrected chi connectivity index (χ1v) is 6.82. The van der Waals surface area contributed by atoms with Gasteiger partial charge in [-0.25, -0.2) is 0 Å². The third-order valence-electron chi connectivity index (χ3n) is 3.67. The molecule has 1 aliphatic heterocycles. The third-order valence-corrected chi connectivity index (χ3v) is 3.67. The molecule has 0 amide bonds. The summed E-state index contributed by atoms with van der Waals surface area (Å²) in [5.41, 5.74) is 0.502. The topological polar surface area (TPSA) is 15.3 Å². The van der Waals surface area contributed by atoms with Crippen molar-refractivity contribution in [2.45, 2.75) is 65.5 Å². The molecule has 1 fully saturated rings. The van der Waals surface area contributed by atoms with Gasteiger partial charge in [0, 0.05) is 18.6 Å². The quantitative estimate of drug-likeness (QED) is 0.725. The van der Waals surface area contributed by atoms with Crippen LogP contribution in [0.4, 0.5) is 0 Å². The van der Waals surface area contributed by atoms with E-state index in [0.29, 0.717) is 5.41 Å². The molecule has 1 rings (SSSR count). The Morgan fingerprint density at radius 3 is 2.44 bits per heavy atom. The van der Waals surface area contributed by atoms with Gasteiger partial charge in [-0.3, -0.25) is 0 Å². The third kappa shape index (κ3) is 5.31. The summed E-state index contributed by atoms with van der Waals surface area (Å²) in [6.45, 7) is 11.7. The SMILES string of the molecule is CC1CC(NCCCCC(C)(C)C)CN1C. The van der Waals surface area contributed by atoms with Gasteiger partial charge in [0.2, 0.25) is 0 Å².